The van der Waals surface area contributed by atoms with Gasteiger partial charge in [0.05, 0.1) is 0 Å². The maximum atomic E-state index is 9.92. The van der Waals surface area contributed by atoms with Crippen molar-refractivity contribution in [3.8, 4) is 5.75 Å². The summed E-state index contributed by atoms with van der Waals surface area (Å²) >= 11 is 12.3. The molecule has 124 valence electrons. The highest BCUT2D eigenvalue weighted by Gasteiger charge is 2.26. The zero-order valence-corrected chi connectivity index (χ0v) is 15.9. The number of rotatable bonds is 3. The van der Waals surface area contributed by atoms with E-state index < -0.39 is 0 Å². The predicted molar refractivity (Wildman–Crippen MR) is 100.0 cm³/mol. The van der Waals surface area contributed by atoms with Crippen LogP contribution in [0.2, 0.25) is 10.0 Å². The first kappa shape index (κ1) is 18.2. The molecule has 0 radical (unpaired) electrons. The van der Waals surface area contributed by atoms with Crippen LogP contribution in [-0.2, 0) is 17.3 Å². The maximum absolute atomic E-state index is 9.92. The molecule has 0 aliphatic heterocycles. The normalized spacial score (nSPS) is 12.5. The summed E-state index contributed by atoms with van der Waals surface area (Å²) in [6.07, 6.45) is 0.796. The Balaban J connectivity index is 2.46. The summed E-state index contributed by atoms with van der Waals surface area (Å²) in [5.74, 6) is 0.299. The number of hydrogen-bond acceptors (Lipinski definition) is 1. The monoisotopic (exact) mass is 350 g/mol. The van der Waals surface area contributed by atoms with Crippen molar-refractivity contribution < 1.29 is 5.11 Å². The number of phenolic OH excluding ortho intramolecular Hbond substituents is 1. The van der Waals surface area contributed by atoms with Crippen LogP contribution >= 0.6 is 23.2 Å². The van der Waals surface area contributed by atoms with E-state index in [1.54, 1.807) is 12.1 Å². The molecule has 0 unspecified atom stereocenters. The SMILES string of the molecule is CC(C)(C)c1ccc(O)cc1CC(C)(C)c1cc(Cl)cc(Cl)c1. The summed E-state index contributed by atoms with van der Waals surface area (Å²) in [4.78, 5) is 0. The third-order valence-corrected chi connectivity index (χ3v) is 4.61. The summed E-state index contributed by atoms with van der Waals surface area (Å²) in [5, 5.41) is 11.2. The second kappa shape index (κ2) is 6.37. The Morgan fingerprint density at radius 2 is 1.43 bits per heavy atom. The Kier molecular flexibility index (Phi) is 5.03. The minimum absolute atomic E-state index is 0.0189. The van der Waals surface area contributed by atoms with Gasteiger partial charge in [0, 0.05) is 10.0 Å². The molecular formula is C20H24Cl2O. The highest BCUT2D eigenvalue weighted by molar-refractivity contribution is 6.34. The lowest BCUT2D eigenvalue weighted by molar-refractivity contribution is 0.467. The van der Waals surface area contributed by atoms with E-state index in [4.69, 9.17) is 23.2 Å². The van der Waals surface area contributed by atoms with Gasteiger partial charge in [-0.2, -0.15) is 0 Å². The van der Waals surface area contributed by atoms with Crippen LogP contribution < -0.4 is 0 Å². The smallest absolute Gasteiger partial charge is 0.115 e. The van der Waals surface area contributed by atoms with Gasteiger partial charge >= 0.3 is 0 Å². The lowest BCUT2D eigenvalue weighted by Gasteiger charge is -2.30. The molecule has 1 nitrogen and oxygen atoms in total. The fourth-order valence-corrected chi connectivity index (χ4v) is 3.51. The van der Waals surface area contributed by atoms with Crippen LogP contribution in [0, 0.1) is 0 Å². The molecule has 0 heterocycles. The second-order valence-corrected chi connectivity index (χ2v) is 8.68. The highest BCUT2D eigenvalue weighted by atomic mass is 35.5. The molecule has 0 atom stereocenters. The molecule has 2 aromatic carbocycles. The van der Waals surface area contributed by atoms with Crippen molar-refractivity contribution >= 4 is 23.2 Å². The third-order valence-electron chi connectivity index (χ3n) is 4.17. The van der Waals surface area contributed by atoms with Crippen molar-refractivity contribution in [3.05, 3.63) is 63.1 Å². The van der Waals surface area contributed by atoms with E-state index in [1.165, 1.54) is 5.56 Å². The van der Waals surface area contributed by atoms with Crippen molar-refractivity contribution in [2.75, 3.05) is 0 Å². The fraction of sp³-hybridized carbons (Fsp3) is 0.400. The van der Waals surface area contributed by atoms with E-state index in [9.17, 15) is 5.11 Å². The van der Waals surface area contributed by atoms with E-state index in [-0.39, 0.29) is 10.8 Å². The van der Waals surface area contributed by atoms with Crippen LogP contribution in [0.1, 0.15) is 51.3 Å². The Labute approximate surface area is 149 Å². The molecule has 0 aliphatic rings. The zero-order valence-electron chi connectivity index (χ0n) is 14.4. The van der Waals surface area contributed by atoms with Gasteiger partial charge in [0.25, 0.3) is 0 Å². The molecule has 2 rings (SSSR count). The first-order valence-corrected chi connectivity index (χ1v) is 8.53. The summed E-state index contributed by atoms with van der Waals surface area (Å²) in [5.41, 5.74) is 3.36. The second-order valence-electron chi connectivity index (χ2n) is 7.81. The van der Waals surface area contributed by atoms with Crippen LogP contribution in [0.3, 0.4) is 0 Å². The van der Waals surface area contributed by atoms with Crippen molar-refractivity contribution in [1.29, 1.82) is 0 Å². The van der Waals surface area contributed by atoms with Crippen molar-refractivity contribution in [1.82, 2.24) is 0 Å². The standard InChI is InChI=1S/C20H24Cl2O/c1-19(2,3)18-7-6-17(23)8-13(18)12-20(4,5)14-9-15(21)11-16(22)10-14/h6-11,23H,12H2,1-5H3. The molecule has 0 saturated carbocycles. The van der Waals surface area contributed by atoms with Gasteiger partial charge in [0.2, 0.25) is 0 Å². The largest absolute Gasteiger partial charge is 0.508 e. The molecule has 2 aromatic rings. The number of aromatic hydroxyl groups is 1. The van der Waals surface area contributed by atoms with E-state index in [2.05, 4.69) is 34.6 Å². The molecule has 0 aromatic heterocycles. The minimum atomic E-state index is -0.150. The molecule has 3 heteroatoms. The maximum Gasteiger partial charge on any atom is 0.115 e. The Bertz CT molecular complexity index is 692. The van der Waals surface area contributed by atoms with E-state index in [1.807, 2.05) is 24.3 Å². The fourth-order valence-electron chi connectivity index (χ4n) is 2.98. The average Bonchev–Trinajstić information content (AvgIpc) is 2.35. The van der Waals surface area contributed by atoms with Gasteiger partial charge in [0.1, 0.15) is 5.75 Å². The quantitative estimate of drug-likeness (QED) is 0.668. The van der Waals surface area contributed by atoms with Crippen LogP contribution in [0.5, 0.6) is 5.75 Å². The van der Waals surface area contributed by atoms with E-state index in [0.29, 0.717) is 15.8 Å². The van der Waals surface area contributed by atoms with Crippen molar-refractivity contribution in [2.45, 2.75) is 51.9 Å². The number of halogens is 2. The van der Waals surface area contributed by atoms with Crippen LogP contribution in [0.4, 0.5) is 0 Å². The van der Waals surface area contributed by atoms with Gasteiger partial charge in [-0.3, -0.25) is 0 Å². The molecule has 0 saturated heterocycles. The summed E-state index contributed by atoms with van der Waals surface area (Å²) < 4.78 is 0. The average molecular weight is 351 g/mol. The first-order chi connectivity index (χ1) is 10.5. The minimum Gasteiger partial charge on any atom is -0.508 e. The zero-order chi connectivity index (χ0) is 17.4. The summed E-state index contributed by atoms with van der Waals surface area (Å²) in [6.45, 7) is 10.9. The Morgan fingerprint density at radius 1 is 0.870 bits per heavy atom. The Morgan fingerprint density at radius 3 is 1.96 bits per heavy atom. The summed E-state index contributed by atoms with van der Waals surface area (Å²) in [6, 6.07) is 11.3. The number of phenols is 1. The number of benzene rings is 2. The van der Waals surface area contributed by atoms with E-state index >= 15 is 0 Å². The van der Waals surface area contributed by atoms with Gasteiger partial charge in [-0.15, -0.1) is 0 Å². The number of hydrogen-bond donors (Lipinski definition) is 1. The predicted octanol–water partition coefficient (Wildman–Crippen LogP) is 6.52. The van der Waals surface area contributed by atoms with E-state index in [0.717, 1.165) is 17.5 Å². The van der Waals surface area contributed by atoms with Gasteiger partial charge in [-0.25, -0.2) is 0 Å². The molecular weight excluding hydrogens is 327 g/mol. The van der Waals surface area contributed by atoms with Crippen LogP contribution in [0.25, 0.3) is 0 Å². The van der Waals surface area contributed by atoms with Gasteiger partial charge in [-0.1, -0.05) is 63.9 Å². The Hall–Kier alpha value is -1.18. The third kappa shape index (κ3) is 4.43. The lowest BCUT2D eigenvalue weighted by Crippen LogP contribution is -2.23. The van der Waals surface area contributed by atoms with Gasteiger partial charge in [0.15, 0.2) is 0 Å². The van der Waals surface area contributed by atoms with Gasteiger partial charge < -0.3 is 5.11 Å². The highest BCUT2D eigenvalue weighted by Crippen LogP contribution is 2.36. The molecule has 0 fully saturated rings. The van der Waals surface area contributed by atoms with Crippen molar-refractivity contribution in [3.63, 3.8) is 0 Å². The molecule has 23 heavy (non-hydrogen) atoms. The van der Waals surface area contributed by atoms with Crippen LogP contribution in [0.15, 0.2) is 36.4 Å². The van der Waals surface area contributed by atoms with Crippen LogP contribution in [-0.4, -0.2) is 5.11 Å². The molecule has 0 amide bonds. The molecule has 1 N–H and O–H groups in total. The lowest BCUT2D eigenvalue weighted by atomic mass is 9.75. The first-order valence-electron chi connectivity index (χ1n) is 7.78. The van der Waals surface area contributed by atoms with Gasteiger partial charge in [-0.05, 0) is 64.3 Å². The molecule has 0 aliphatic carbocycles. The van der Waals surface area contributed by atoms with Crippen molar-refractivity contribution in [2.24, 2.45) is 0 Å². The molecule has 0 spiro atoms. The summed E-state index contributed by atoms with van der Waals surface area (Å²) in [7, 11) is 0. The molecule has 0 bridgehead atoms. The topological polar surface area (TPSA) is 20.2 Å².